The Morgan fingerprint density at radius 1 is 1.16 bits per heavy atom. The van der Waals surface area contributed by atoms with Crippen LogP contribution in [0.1, 0.15) is 19.3 Å². The van der Waals surface area contributed by atoms with Gasteiger partial charge in [0.25, 0.3) is 0 Å². The molecular formula is C12H16N6S. The summed E-state index contributed by atoms with van der Waals surface area (Å²) in [4.78, 5) is 15.0. The van der Waals surface area contributed by atoms with E-state index in [0.717, 1.165) is 18.8 Å². The van der Waals surface area contributed by atoms with E-state index in [1.807, 2.05) is 16.8 Å². The van der Waals surface area contributed by atoms with Crippen molar-refractivity contribution < 1.29 is 0 Å². The van der Waals surface area contributed by atoms with Gasteiger partial charge in [0.05, 0.1) is 5.69 Å². The monoisotopic (exact) mass is 276 g/mol. The van der Waals surface area contributed by atoms with E-state index in [2.05, 4.69) is 25.2 Å². The molecule has 6 nitrogen and oxygen atoms in total. The first-order valence-corrected chi connectivity index (χ1v) is 7.31. The lowest BCUT2D eigenvalue weighted by Crippen LogP contribution is -2.31. The van der Waals surface area contributed by atoms with Gasteiger partial charge in [-0.25, -0.2) is 0 Å². The van der Waals surface area contributed by atoms with E-state index in [0.29, 0.717) is 11.9 Å². The van der Waals surface area contributed by atoms with E-state index in [4.69, 9.17) is 5.73 Å². The topological polar surface area (TPSA) is 80.0 Å². The minimum atomic E-state index is 0.258. The van der Waals surface area contributed by atoms with Gasteiger partial charge in [-0.1, -0.05) is 0 Å². The third kappa shape index (κ3) is 2.93. The molecule has 0 saturated carbocycles. The molecule has 1 aliphatic heterocycles. The second-order valence-electron chi connectivity index (χ2n) is 4.50. The molecule has 2 aromatic rings. The lowest BCUT2D eigenvalue weighted by molar-refractivity contribution is 0.568. The van der Waals surface area contributed by atoms with Gasteiger partial charge >= 0.3 is 0 Å². The van der Waals surface area contributed by atoms with Gasteiger partial charge in [0.2, 0.25) is 17.8 Å². The van der Waals surface area contributed by atoms with E-state index in [9.17, 15) is 0 Å². The molecular weight excluding hydrogens is 260 g/mol. The van der Waals surface area contributed by atoms with Crippen molar-refractivity contribution in [1.29, 1.82) is 0 Å². The number of thiophene rings is 1. The van der Waals surface area contributed by atoms with Crippen molar-refractivity contribution in [3.05, 3.63) is 16.8 Å². The van der Waals surface area contributed by atoms with Crippen LogP contribution in [0.3, 0.4) is 0 Å². The lowest BCUT2D eigenvalue weighted by atomic mass is 10.1. The average Bonchev–Trinajstić information content (AvgIpc) is 2.92. The van der Waals surface area contributed by atoms with Crippen LogP contribution in [0.25, 0.3) is 0 Å². The summed E-state index contributed by atoms with van der Waals surface area (Å²) in [6.07, 6.45) is 3.63. The minimum Gasteiger partial charge on any atom is -0.368 e. The molecule has 1 saturated heterocycles. The van der Waals surface area contributed by atoms with Crippen LogP contribution in [0.4, 0.5) is 23.5 Å². The summed E-state index contributed by atoms with van der Waals surface area (Å²) in [5.41, 5.74) is 6.74. The number of nitrogens with one attached hydrogen (secondary N) is 1. The third-order valence-corrected chi connectivity index (χ3v) is 3.74. The third-order valence-electron chi connectivity index (χ3n) is 3.06. The molecule has 19 heavy (non-hydrogen) atoms. The highest BCUT2D eigenvalue weighted by atomic mass is 32.1. The van der Waals surface area contributed by atoms with Crippen molar-refractivity contribution in [2.45, 2.75) is 19.3 Å². The largest absolute Gasteiger partial charge is 0.368 e. The second-order valence-corrected chi connectivity index (χ2v) is 5.28. The van der Waals surface area contributed by atoms with E-state index in [-0.39, 0.29) is 5.95 Å². The maximum atomic E-state index is 5.77. The van der Waals surface area contributed by atoms with Gasteiger partial charge in [-0.3, -0.25) is 0 Å². The zero-order chi connectivity index (χ0) is 13.1. The predicted octanol–water partition coefficient (Wildman–Crippen LogP) is 2.25. The number of nitrogens with two attached hydrogens (primary N) is 1. The summed E-state index contributed by atoms with van der Waals surface area (Å²) in [5.74, 6) is 1.43. The van der Waals surface area contributed by atoms with Crippen molar-refractivity contribution in [3.8, 4) is 0 Å². The van der Waals surface area contributed by atoms with Gasteiger partial charge in [-0.2, -0.15) is 26.3 Å². The first-order valence-electron chi connectivity index (χ1n) is 6.37. The maximum absolute atomic E-state index is 5.77. The number of piperidine rings is 1. The summed E-state index contributed by atoms with van der Waals surface area (Å²) in [5, 5.41) is 7.14. The average molecular weight is 276 g/mol. The van der Waals surface area contributed by atoms with E-state index >= 15 is 0 Å². The zero-order valence-electron chi connectivity index (χ0n) is 10.5. The van der Waals surface area contributed by atoms with Gasteiger partial charge in [0, 0.05) is 18.5 Å². The highest BCUT2D eigenvalue weighted by Crippen LogP contribution is 2.20. The predicted molar refractivity (Wildman–Crippen MR) is 77.9 cm³/mol. The molecule has 1 aliphatic rings. The van der Waals surface area contributed by atoms with Crippen molar-refractivity contribution in [1.82, 2.24) is 15.0 Å². The van der Waals surface area contributed by atoms with Gasteiger partial charge in [0.1, 0.15) is 0 Å². The molecule has 7 heteroatoms. The summed E-state index contributed by atoms with van der Waals surface area (Å²) >= 11 is 1.62. The van der Waals surface area contributed by atoms with Crippen LogP contribution in [0.15, 0.2) is 16.8 Å². The molecule has 3 rings (SSSR count). The molecule has 1 fully saturated rings. The fourth-order valence-electron chi connectivity index (χ4n) is 2.14. The van der Waals surface area contributed by atoms with Crippen molar-refractivity contribution in [2.75, 3.05) is 29.0 Å². The molecule has 2 aromatic heterocycles. The Balaban J connectivity index is 1.82. The SMILES string of the molecule is Nc1nc(Nc2ccsc2)nc(N2CCCCC2)n1. The van der Waals surface area contributed by atoms with E-state index in [1.54, 1.807) is 11.3 Å². The van der Waals surface area contributed by atoms with Crippen LogP contribution in [0.2, 0.25) is 0 Å². The molecule has 0 unspecified atom stereocenters. The van der Waals surface area contributed by atoms with Crippen LogP contribution in [0, 0.1) is 0 Å². The quantitative estimate of drug-likeness (QED) is 0.895. The maximum Gasteiger partial charge on any atom is 0.233 e. The number of rotatable bonds is 3. The number of hydrogen-bond acceptors (Lipinski definition) is 7. The Labute approximate surface area is 115 Å². The fraction of sp³-hybridized carbons (Fsp3) is 0.417. The summed E-state index contributed by atoms with van der Waals surface area (Å²) in [6.45, 7) is 1.97. The number of nitrogen functional groups attached to an aromatic ring is 1. The highest BCUT2D eigenvalue weighted by Gasteiger charge is 2.15. The number of hydrogen-bond donors (Lipinski definition) is 2. The number of nitrogens with zero attached hydrogens (tertiary/aromatic N) is 4. The molecule has 0 aliphatic carbocycles. The number of anilines is 4. The lowest BCUT2D eigenvalue weighted by Gasteiger charge is -2.26. The molecule has 0 bridgehead atoms. The molecule has 3 heterocycles. The van der Waals surface area contributed by atoms with E-state index in [1.165, 1.54) is 19.3 Å². The Bertz CT molecular complexity index is 535. The molecule has 0 amide bonds. The smallest absolute Gasteiger partial charge is 0.233 e. The molecule has 0 aromatic carbocycles. The standard InChI is InChI=1S/C12H16N6S/c13-10-15-11(14-9-4-7-19-8-9)17-12(16-10)18-5-2-1-3-6-18/h4,7-8H,1-3,5-6H2,(H3,13,14,15,16,17). The first kappa shape index (κ1) is 12.2. The van der Waals surface area contributed by atoms with E-state index < -0.39 is 0 Å². The molecule has 0 radical (unpaired) electrons. The molecule has 100 valence electrons. The minimum absolute atomic E-state index is 0.258. The summed E-state index contributed by atoms with van der Waals surface area (Å²) in [7, 11) is 0. The fourth-order valence-corrected chi connectivity index (χ4v) is 2.72. The van der Waals surface area contributed by atoms with Gasteiger partial charge < -0.3 is 16.0 Å². The Hall–Kier alpha value is -1.89. The van der Waals surface area contributed by atoms with Crippen molar-refractivity contribution in [2.24, 2.45) is 0 Å². The van der Waals surface area contributed by atoms with Crippen molar-refractivity contribution in [3.63, 3.8) is 0 Å². The normalized spacial score (nSPS) is 15.5. The summed E-state index contributed by atoms with van der Waals surface area (Å²) < 4.78 is 0. The zero-order valence-corrected chi connectivity index (χ0v) is 11.4. The molecule has 3 N–H and O–H groups in total. The summed E-state index contributed by atoms with van der Waals surface area (Å²) in [6, 6.07) is 1.98. The van der Waals surface area contributed by atoms with Crippen molar-refractivity contribution >= 4 is 34.9 Å². The van der Waals surface area contributed by atoms with Gasteiger partial charge in [0.15, 0.2) is 0 Å². The van der Waals surface area contributed by atoms with Crippen LogP contribution in [-0.4, -0.2) is 28.0 Å². The van der Waals surface area contributed by atoms with Crippen LogP contribution in [-0.2, 0) is 0 Å². The first-order chi connectivity index (χ1) is 9.31. The Kier molecular flexibility index (Phi) is 3.45. The van der Waals surface area contributed by atoms with Crippen LogP contribution < -0.4 is 16.0 Å². The van der Waals surface area contributed by atoms with Crippen LogP contribution in [0.5, 0.6) is 0 Å². The van der Waals surface area contributed by atoms with Gasteiger partial charge in [-0.15, -0.1) is 0 Å². The molecule has 0 atom stereocenters. The second kappa shape index (κ2) is 5.40. The molecule has 0 spiro atoms. The Morgan fingerprint density at radius 3 is 2.74 bits per heavy atom. The Morgan fingerprint density at radius 2 is 2.00 bits per heavy atom. The number of aromatic nitrogens is 3. The van der Waals surface area contributed by atoms with Crippen LogP contribution >= 0.6 is 11.3 Å². The van der Waals surface area contributed by atoms with Gasteiger partial charge in [-0.05, 0) is 30.7 Å². The highest BCUT2D eigenvalue weighted by molar-refractivity contribution is 7.08.